The molecule has 1 aliphatic heterocycles. The molecule has 1 saturated heterocycles. The summed E-state index contributed by atoms with van der Waals surface area (Å²) in [6.07, 6.45) is 1.70. The highest BCUT2D eigenvalue weighted by Gasteiger charge is 2.27. The number of nitrogens with zero attached hydrogens (tertiary/aromatic N) is 3. The van der Waals surface area contributed by atoms with Gasteiger partial charge in [-0.25, -0.2) is 13.8 Å². The summed E-state index contributed by atoms with van der Waals surface area (Å²) < 4.78 is 32.3. The van der Waals surface area contributed by atoms with E-state index in [-0.39, 0.29) is 40.4 Å². The molecule has 4 aromatic rings. The first kappa shape index (κ1) is 25.8. The molecule has 0 saturated carbocycles. The minimum atomic E-state index is -1.02. The van der Waals surface area contributed by atoms with Gasteiger partial charge in [-0.05, 0) is 62.4 Å². The van der Waals surface area contributed by atoms with Gasteiger partial charge >= 0.3 is 0 Å². The van der Waals surface area contributed by atoms with Gasteiger partial charge in [-0.3, -0.25) is 9.59 Å². The number of aromatic nitrogens is 2. The SMILES string of the molecule is Cc1noc(C)c1CC(=O)Nc1ccc(C2CCN(C(=O)c3cc4cc(F)c(F)cc4nc3Cl)CC2)cc1. The van der Waals surface area contributed by atoms with Gasteiger partial charge in [0.1, 0.15) is 10.9 Å². The largest absolute Gasteiger partial charge is 0.361 e. The molecule has 3 heterocycles. The van der Waals surface area contributed by atoms with Crippen molar-refractivity contribution in [1.29, 1.82) is 0 Å². The maximum Gasteiger partial charge on any atom is 0.257 e. The van der Waals surface area contributed by atoms with Gasteiger partial charge in [-0.1, -0.05) is 28.9 Å². The van der Waals surface area contributed by atoms with E-state index in [1.807, 2.05) is 31.2 Å². The third-order valence-corrected chi connectivity index (χ3v) is 7.30. The van der Waals surface area contributed by atoms with Crippen molar-refractivity contribution in [2.24, 2.45) is 0 Å². The summed E-state index contributed by atoms with van der Waals surface area (Å²) in [7, 11) is 0. The Hall–Kier alpha value is -3.85. The van der Waals surface area contributed by atoms with Gasteiger partial charge < -0.3 is 14.7 Å². The normalized spacial score (nSPS) is 14.2. The standard InChI is InChI=1S/C28H25ClF2N4O3/c1-15-21(16(2)38-34-15)13-26(36)32-20-5-3-17(4-6-20)18-7-9-35(10-8-18)28(37)22-11-19-12-23(30)24(31)14-25(19)33-27(22)29/h3-6,11-12,14,18H,7-10,13H2,1-2H3,(H,32,36). The van der Waals surface area contributed by atoms with Crippen molar-refractivity contribution in [3.63, 3.8) is 0 Å². The second kappa shape index (κ2) is 10.5. The number of rotatable bonds is 5. The quantitative estimate of drug-likeness (QED) is 0.316. The Labute approximate surface area is 222 Å². The number of aryl methyl sites for hydroxylation is 2. The lowest BCUT2D eigenvalue weighted by molar-refractivity contribution is -0.115. The van der Waals surface area contributed by atoms with Crippen LogP contribution in [0.5, 0.6) is 0 Å². The molecule has 1 fully saturated rings. The summed E-state index contributed by atoms with van der Waals surface area (Å²) in [4.78, 5) is 31.4. The van der Waals surface area contributed by atoms with Gasteiger partial charge in [-0.2, -0.15) is 0 Å². The van der Waals surface area contributed by atoms with Crippen LogP contribution < -0.4 is 5.32 Å². The van der Waals surface area contributed by atoms with E-state index in [1.165, 1.54) is 6.07 Å². The summed E-state index contributed by atoms with van der Waals surface area (Å²) in [5.74, 6) is -1.56. The Kier molecular flexibility index (Phi) is 7.12. The molecule has 0 bridgehead atoms. The van der Waals surface area contributed by atoms with Crippen molar-refractivity contribution in [3.8, 4) is 0 Å². The molecule has 5 rings (SSSR count). The van der Waals surface area contributed by atoms with Crippen LogP contribution in [0.3, 0.4) is 0 Å². The fourth-order valence-corrected chi connectivity index (χ4v) is 5.07. The number of hydrogen-bond donors (Lipinski definition) is 1. The number of fused-ring (bicyclic) bond motifs is 1. The van der Waals surface area contributed by atoms with E-state index >= 15 is 0 Å². The number of likely N-dealkylation sites (tertiary alicyclic amines) is 1. The molecule has 196 valence electrons. The zero-order chi connectivity index (χ0) is 27.0. The molecule has 0 radical (unpaired) electrons. The van der Waals surface area contributed by atoms with Gasteiger partial charge in [-0.15, -0.1) is 0 Å². The Morgan fingerprint density at radius 3 is 2.42 bits per heavy atom. The Morgan fingerprint density at radius 1 is 1.08 bits per heavy atom. The van der Waals surface area contributed by atoms with Gasteiger partial charge in [0.25, 0.3) is 5.91 Å². The van der Waals surface area contributed by atoms with Crippen molar-refractivity contribution >= 4 is 40.0 Å². The Balaban J connectivity index is 1.19. The first-order chi connectivity index (χ1) is 18.2. The number of halogens is 3. The number of amides is 2. The summed E-state index contributed by atoms with van der Waals surface area (Å²) in [5, 5.41) is 7.06. The average Bonchev–Trinajstić information content (AvgIpc) is 3.21. The van der Waals surface area contributed by atoms with Crippen LogP contribution in [0.1, 0.15) is 51.7 Å². The van der Waals surface area contributed by atoms with Crippen molar-refractivity contribution in [2.45, 2.75) is 39.0 Å². The maximum absolute atomic E-state index is 13.7. The van der Waals surface area contributed by atoms with Crippen LogP contribution in [0, 0.1) is 25.5 Å². The molecule has 1 aliphatic rings. The van der Waals surface area contributed by atoms with Crippen LogP contribution in [0.15, 0.2) is 47.0 Å². The summed E-state index contributed by atoms with van der Waals surface area (Å²) in [6.45, 7) is 4.63. The molecule has 0 atom stereocenters. The van der Waals surface area contributed by atoms with Crippen molar-refractivity contribution in [1.82, 2.24) is 15.0 Å². The molecule has 0 spiro atoms. The molecule has 2 aromatic heterocycles. The zero-order valence-corrected chi connectivity index (χ0v) is 21.6. The van der Waals surface area contributed by atoms with Gasteiger partial charge in [0.05, 0.1) is 23.2 Å². The number of carbonyl (C=O) groups excluding carboxylic acids is 2. The second-order valence-corrected chi connectivity index (χ2v) is 9.86. The van der Waals surface area contributed by atoms with E-state index in [0.717, 1.165) is 36.1 Å². The van der Waals surface area contributed by atoms with Gasteiger partial charge in [0, 0.05) is 35.8 Å². The smallest absolute Gasteiger partial charge is 0.257 e. The first-order valence-corrected chi connectivity index (χ1v) is 12.6. The fraction of sp³-hybridized carbons (Fsp3) is 0.286. The Morgan fingerprint density at radius 2 is 1.76 bits per heavy atom. The summed E-state index contributed by atoms with van der Waals surface area (Å²) >= 11 is 6.23. The number of pyridine rings is 1. The molecular formula is C28H25ClF2N4O3. The molecule has 7 nitrogen and oxygen atoms in total. The summed E-state index contributed by atoms with van der Waals surface area (Å²) in [5.41, 5.74) is 3.69. The number of piperidine rings is 1. The molecule has 0 unspecified atom stereocenters. The first-order valence-electron chi connectivity index (χ1n) is 12.3. The van der Waals surface area contributed by atoms with Crippen LogP contribution in [-0.2, 0) is 11.2 Å². The number of benzene rings is 2. The van der Waals surface area contributed by atoms with Crippen LogP contribution in [0.25, 0.3) is 10.9 Å². The van der Waals surface area contributed by atoms with E-state index < -0.39 is 11.6 Å². The van der Waals surface area contributed by atoms with E-state index in [0.29, 0.717) is 35.6 Å². The molecule has 2 amide bonds. The van der Waals surface area contributed by atoms with E-state index in [2.05, 4.69) is 15.5 Å². The number of carbonyl (C=O) groups is 2. The molecular weight excluding hydrogens is 514 g/mol. The third-order valence-electron chi connectivity index (χ3n) is 7.01. The minimum Gasteiger partial charge on any atom is -0.361 e. The van der Waals surface area contributed by atoms with Gasteiger partial charge in [0.2, 0.25) is 5.91 Å². The van der Waals surface area contributed by atoms with Gasteiger partial charge in [0.15, 0.2) is 11.6 Å². The second-order valence-electron chi connectivity index (χ2n) is 9.50. The van der Waals surface area contributed by atoms with Crippen molar-refractivity contribution in [3.05, 3.63) is 87.4 Å². The molecule has 38 heavy (non-hydrogen) atoms. The maximum atomic E-state index is 13.7. The van der Waals surface area contributed by atoms with Crippen LogP contribution in [-0.4, -0.2) is 39.9 Å². The molecule has 1 N–H and O–H groups in total. The number of nitrogens with one attached hydrogen (secondary N) is 1. The molecule has 0 aliphatic carbocycles. The highest BCUT2D eigenvalue weighted by atomic mass is 35.5. The lowest BCUT2D eigenvalue weighted by Crippen LogP contribution is -2.38. The van der Waals surface area contributed by atoms with E-state index in [1.54, 1.807) is 11.8 Å². The summed E-state index contributed by atoms with van der Waals surface area (Å²) in [6, 6.07) is 11.2. The van der Waals surface area contributed by atoms with Crippen LogP contribution in [0.2, 0.25) is 5.15 Å². The zero-order valence-electron chi connectivity index (χ0n) is 20.9. The lowest BCUT2D eigenvalue weighted by atomic mass is 9.89. The third kappa shape index (κ3) is 5.24. The fourth-order valence-electron chi connectivity index (χ4n) is 4.84. The van der Waals surface area contributed by atoms with Crippen molar-refractivity contribution in [2.75, 3.05) is 18.4 Å². The Bertz CT molecular complexity index is 1510. The van der Waals surface area contributed by atoms with Crippen LogP contribution >= 0.6 is 11.6 Å². The van der Waals surface area contributed by atoms with Crippen molar-refractivity contribution < 1.29 is 22.9 Å². The average molecular weight is 539 g/mol. The highest BCUT2D eigenvalue weighted by Crippen LogP contribution is 2.31. The van der Waals surface area contributed by atoms with E-state index in [9.17, 15) is 18.4 Å². The molecule has 10 heteroatoms. The minimum absolute atomic E-state index is 0.0392. The number of anilines is 1. The predicted molar refractivity (Wildman–Crippen MR) is 139 cm³/mol. The lowest BCUT2D eigenvalue weighted by Gasteiger charge is -2.32. The highest BCUT2D eigenvalue weighted by molar-refractivity contribution is 6.33. The monoisotopic (exact) mass is 538 g/mol. The topological polar surface area (TPSA) is 88.3 Å². The van der Waals surface area contributed by atoms with E-state index in [4.69, 9.17) is 16.1 Å². The number of hydrogen-bond acceptors (Lipinski definition) is 5. The molecule has 2 aromatic carbocycles. The predicted octanol–water partition coefficient (Wildman–Crippen LogP) is 5.97. The van der Waals surface area contributed by atoms with Crippen LogP contribution in [0.4, 0.5) is 14.5 Å².